The third-order valence-corrected chi connectivity index (χ3v) is 7.57. The molecule has 198 valence electrons. The van der Waals surface area contributed by atoms with Gasteiger partial charge in [0.2, 0.25) is 21.8 Å². The van der Waals surface area contributed by atoms with Crippen molar-refractivity contribution < 1.29 is 22.7 Å². The fourth-order valence-corrected chi connectivity index (χ4v) is 5.17. The molecule has 0 bridgehead atoms. The zero-order valence-corrected chi connectivity index (χ0v) is 23.6. The molecule has 0 aromatic heterocycles. The molecule has 2 rings (SSSR count). The first-order valence-corrected chi connectivity index (χ1v) is 14.2. The van der Waals surface area contributed by atoms with Gasteiger partial charge in [-0.2, -0.15) is 0 Å². The largest absolute Gasteiger partial charge is 0.495 e. The van der Waals surface area contributed by atoms with Gasteiger partial charge in [0.15, 0.2) is 0 Å². The van der Waals surface area contributed by atoms with Crippen LogP contribution in [0.15, 0.2) is 36.4 Å². The van der Waals surface area contributed by atoms with E-state index in [1.165, 1.54) is 30.2 Å². The monoisotopic (exact) mass is 577 g/mol. The molecule has 12 heteroatoms. The van der Waals surface area contributed by atoms with Crippen LogP contribution in [-0.4, -0.2) is 57.6 Å². The van der Waals surface area contributed by atoms with Crippen LogP contribution in [-0.2, 0) is 26.2 Å². The molecule has 0 aliphatic heterocycles. The van der Waals surface area contributed by atoms with Gasteiger partial charge in [0, 0.05) is 28.7 Å². The fourth-order valence-electron chi connectivity index (χ4n) is 3.56. The topological polar surface area (TPSA) is 96.0 Å². The van der Waals surface area contributed by atoms with Crippen LogP contribution in [0.4, 0.5) is 5.69 Å². The molecule has 0 heterocycles. The van der Waals surface area contributed by atoms with Crippen LogP contribution in [0.1, 0.15) is 32.3 Å². The summed E-state index contributed by atoms with van der Waals surface area (Å²) in [5.74, 6) is -0.607. The normalized spacial score (nSPS) is 12.1. The molecule has 1 N–H and O–H groups in total. The smallest absolute Gasteiger partial charge is 0.244 e. The van der Waals surface area contributed by atoms with Crippen LogP contribution in [0.3, 0.4) is 0 Å². The Balaban J connectivity index is 2.51. The third kappa shape index (κ3) is 7.65. The number of halogens is 3. The highest BCUT2D eigenvalue weighted by molar-refractivity contribution is 7.92. The Kier molecular flexibility index (Phi) is 11.2. The van der Waals surface area contributed by atoms with Crippen LogP contribution < -0.4 is 14.4 Å². The molecule has 2 aromatic carbocycles. The first-order valence-electron chi connectivity index (χ1n) is 11.3. The summed E-state index contributed by atoms with van der Waals surface area (Å²) in [6.07, 6.45) is 1.99. The molecule has 0 fully saturated rings. The predicted octanol–water partition coefficient (Wildman–Crippen LogP) is 4.76. The second-order valence-corrected chi connectivity index (χ2v) is 11.2. The van der Waals surface area contributed by atoms with Crippen molar-refractivity contribution in [2.45, 2.75) is 39.3 Å². The molecule has 0 unspecified atom stereocenters. The lowest BCUT2D eigenvalue weighted by Gasteiger charge is -2.33. The van der Waals surface area contributed by atoms with Crippen molar-refractivity contribution in [1.82, 2.24) is 10.2 Å². The summed E-state index contributed by atoms with van der Waals surface area (Å²) in [7, 11) is -2.47. The van der Waals surface area contributed by atoms with E-state index in [1.54, 1.807) is 25.1 Å². The maximum absolute atomic E-state index is 13.7. The molecule has 8 nitrogen and oxygen atoms in total. The minimum Gasteiger partial charge on any atom is -0.495 e. The number of sulfonamides is 1. The number of amides is 2. The summed E-state index contributed by atoms with van der Waals surface area (Å²) < 4.78 is 31.5. The van der Waals surface area contributed by atoms with Crippen LogP contribution >= 0.6 is 34.8 Å². The highest BCUT2D eigenvalue weighted by Gasteiger charge is 2.32. The second kappa shape index (κ2) is 13.4. The zero-order valence-electron chi connectivity index (χ0n) is 20.6. The highest BCUT2D eigenvalue weighted by atomic mass is 35.5. The van der Waals surface area contributed by atoms with Gasteiger partial charge in [-0.1, -0.05) is 54.7 Å². The molecule has 0 spiro atoms. The number of nitrogens with one attached hydrogen (secondary N) is 1. The predicted molar refractivity (Wildman–Crippen MR) is 145 cm³/mol. The molecular formula is C24H30Cl3N3O5S. The molecule has 0 radical (unpaired) electrons. The summed E-state index contributed by atoms with van der Waals surface area (Å²) in [4.78, 5) is 28.0. The van der Waals surface area contributed by atoms with Crippen molar-refractivity contribution in [1.29, 1.82) is 0 Å². The van der Waals surface area contributed by atoms with E-state index in [-0.39, 0.29) is 29.6 Å². The van der Waals surface area contributed by atoms with E-state index in [9.17, 15) is 18.0 Å². The van der Waals surface area contributed by atoms with Gasteiger partial charge in [-0.25, -0.2) is 8.42 Å². The number of hydrogen-bond acceptors (Lipinski definition) is 5. The first-order chi connectivity index (χ1) is 16.9. The Hall–Kier alpha value is -2.20. The quantitative estimate of drug-likeness (QED) is 0.392. The number of ether oxygens (including phenoxy) is 1. The first kappa shape index (κ1) is 30.0. The number of benzene rings is 2. The summed E-state index contributed by atoms with van der Waals surface area (Å²) in [5.41, 5.74) is 0.630. The fraction of sp³-hybridized carbons (Fsp3) is 0.417. The van der Waals surface area contributed by atoms with Gasteiger partial charge in [0.1, 0.15) is 18.3 Å². The van der Waals surface area contributed by atoms with Gasteiger partial charge in [0.05, 0.1) is 24.1 Å². The van der Waals surface area contributed by atoms with Crippen LogP contribution in [0.25, 0.3) is 0 Å². The Bertz CT molecular complexity index is 1170. The van der Waals surface area contributed by atoms with Gasteiger partial charge < -0.3 is 15.0 Å². The number of carbonyl (C=O) groups excluding carboxylic acids is 2. The number of carbonyl (C=O) groups is 2. The van der Waals surface area contributed by atoms with E-state index >= 15 is 0 Å². The minimum absolute atomic E-state index is 0.0869. The lowest BCUT2D eigenvalue weighted by molar-refractivity contribution is -0.140. The van der Waals surface area contributed by atoms with Gasteiger partial charge in [0.25, 0.3) is 0 Å². The van der Waals surface area contributed by atoms with Crippen molar-refractivity contribution in [3.63, 3.8) is 0 Å². The standard InChI is InChI=1S/C24H30Cl3N3O5S/c1-5-12-28-24(32)21(6-2)29(14-17-18(25)8-7-9-19(17)26)23(31)15-30(36(4,33)34)16-10-11-22(35-3)20(27)13-16/h7-11,13,21H,5-6,12,14-15H2,1-4H3,(H,28,32)/t21-/m1/s1. The van der Waals surface area contributed by atoms with E-state index in [2.05, 4.69) is 5.32 Å². The second-order valence-electron chi connectivity index (χ2n) is 8.03. The van der Waals surface area contributed by atoms with Gasteiger partial charge in [-0.05, 0) is 43.2 Å². The zero-order chi connectivity index (χ0) is 27.0. The lowest BCUT2D eigenvalue weighted by Crippen LogP contribution is -2.52. The number of hydrogen-bond donors (Lipinski definition) is 1. The number of anilines is 1. The number of nitrogens with zero attached hydrogens (tertiary/aromatic N) is 2. The number of methoxy groups -OCH3 is 1. The maximum atomic E-state index is 13.7. The molecule has 36 heavy (non-hydrogen) atoms. The van der Waals surface area contributed by atoms with E-state index < -0.39 is 28.5 Å². The molecule has 0 aliphatic rings. The molecule has 1 atom stereocenters. The molecule has 0 saturated heterocycles. The van der Waals surface area contributed by atoms with Crippen molar-refractivity contribution in [2.75, 3.05) is 30.8 Å². The summed E-state index contributed by atoms with van der Waals surface area (Å²) >= 11 is 18.9. The van der Waals surface area contributed by atoms with Crippen molar-refractivity contribution in [2.24, 2.45) is 0 Å². The van der Waals surface area contributed by atoms with E-state index in [0.29, 0.717) is 34.3 Å². The summed E-state index contributed by atoms with van der Waals surface area (Å²) in [6.45, 7) is 3.46. The van der Waals surface area contributed by atoms with Crippen LogP contribution in [0.2, 0.25) is 15.1 Å². The van der Waals surface area contributed by atoms with Crippen LogP contribution in [0.5, 0.6) is 5.75 Å². The Morgan fingerprint density at radius 1 is 1.06 bits per heavy atom. The molecule has 2 aromatic rings. The Labute approximate surface area is 227 Å². The van der Waals surface area contributed by atoms with E-state index in [1.807, 2.05) is 6.92 Å². The van der Waals surface area contributed by atoms with Crippen LogP contribution in [0, 0.1) is 0 Å². The molecule has 0 aliphatic carbocycles. The van der Waals surface area contributed by atoms with Gasteiger partial charge in [-0.3, -0.25) is 13.9 Å². The average molecular weight is 579 g/mol. The Morgan fingerprint density at radius 2 is 1.69 bits per heavy atom. The van der Waals surface area contributed by atoms with E-state index in [4.69, 9.17) is 39.5 Å². The molecule has 0 saturated carbocycles. The SMILES string of the molecule is CCCNC(=O)[C@@H](CC)N(Cc1c(Cl)cccc1Cl)C(=O)CN(c1ccc(OC)c(Cl)c1)S(C)(=O)=O. The van der Waals surface area contributed by atoms with Crippen molar-refractivity contribution in [3.8, 4) is 5.75 Å². The van der Waals surface area contributed by atoms with Gasteiger partial charge in [-0.15, -0.1) is 0 Å². The van der Waals surface area contributed by atoms with E-state index in [0.717, 1.165) is 10.6 Å². The average Bonchev–Trinajstić information content (AvgIpc) is 2.81. The van der Waals surface area contributed by atoms with Crippen molar-refractivity contribution >= 4 is 62.3 Å². The molecular weight excluding hydrogens is 549 g/mol. The lowest BCUT2D eigenvalue weighted by atomic mass is 10.1. The molecule has 2 amide bonds. The maximum Gasteiger partial charge on any atom is 0.244 e. The summed E-state index contributed by atoms with van der Waals surface area (Å²) in [6, 6.07) is 8.45. The minimum atomic E-state index is -3.91. The number of rotatable bonds is 12. The highest BCUT2D eigenvalue weighted by Crippen LogP contribution is 2.31. The third-order valence-electron chi connectivity index (χ3n) is 5.43. The summed E-state index contributed by atoms with van der Waals surface area (Å²) in [5, 5.41) is 3.64. The van der Waals surface area contributed by atoms with Crippen molar-refractivity contribution in [3.05, 3.63) is 57.0 Å². The van der Waals surface area contributed by atoms with Gasteiger partial charge >= 0.3 is 0 Å². The Morgan fingerprint density at radius 3 is 2.19 bits per heavy atom.